The number of benzene rings is 1. The maximum atomic E-state index is 8.31. The van der Waals surface area contributed by atoms with Gasteiger partial charge >= 0.3 is 6.02 Å². The van der Waals surface area contributed by atoms with Gasteiger partial charge in [0.15, 0.2) is 0 Å². The predicted molar refractivity (Wildman–Crippen MR) is 60.9 cm³/mol. The summed E-state index contributed by atoms with van der Waals surface area (Å²) in [6.07, 6.45) is 2.13. The molecule has 0 saturated carbocycles. The largest absolute Gasteiger partial charge is 0.494 e. The van der Waals surface area contributed by atoms with E-state index in [2.05, 4.69) is 12.1 Å². The van der Waals surface area contributed by atoms with Crippen LogP contribution in [0.25, 0.3) is 0 Å². The van der Waals surface area contributed by atoms with Gasteiger partial charge in [0.1, 0.15) is 11.5 Å². The second-order valence-corrected chi connectivity index (χ2v) is 3.21. The summed E-state index contributed by atoms with van der Waals surface area (Å²) in [6.45, 7) is 2.81. The van der Waals surface area contributed by atoms with Crippen molar-refractivity contribution < 1.29 is 14.7 Å². The highest BCUT2D eigenvalue weighted by molar-refractivity contribution is 5.73. The van der Waals surface area contributed by atoms with Crippen LogP contribution in [0.3, 0.4) is 0 Å². The van der Waals surface area contributed by atoms with Gasteiger partial charge in [-0.25, -0.2) is 0 Å². The summed E-state index contributed by atoms with van der Waals surface area (Å²) in [5.41, 5.74) is 5.19. The number of rotatable bonds is 5. The van der Waals surface area contributed by atoms with Crippen LogP contribution in [0, 0.1) is 0 Å². The van der Waals surface area contributed by atoms with Gasteiger partial charge in [0.25, 0.3) is 0 Å². The minimum atomic E-state index is -0.292. The summed E-state index contributed by atoms with van der Waals surface area (Å²) in [4.78, 5) is 0. The van der Waals surface area contributed by atoms with Crippen molar-refractivity contribution in [2.24, 2.45) is 10.9 Å². The average Bonchev–Trinajstić information content (AvgIpc) is 2.31. The number of amidine groups is 1. The third-order valence-corrected chi connectivity index (χ3v) is 1.91. The van der Waals surface area contributed by atoms with E-state index < -0.39 is 0 Å². The Hall–Kier alpha value is -1.91. The highest BCUT2D eigenvalue weighted by atomic mass is 16.5. The Bertz CT molecular complexity index is 336. The molecule has 0 heterocycles. The third-order valence-electron chi connectivity index (χ3n) is 1.91. The molecule has 0 bridgehead atoms. The first kappa shape index (κ1) is 12.2. The summed E-state index contributed by atoms with van der Waals surface area (Å²) in [7, 11) is 0. The highest BCUT2D eigenvalue weighted by Gasteiger charge is 1.98. The number of nitrogens with two attached hydrogens (primary N) is 1. The van der Waals surface area contributed by atoms with Crippen LogP contribution < -0.4 is 15.2 Å². The molecule has 0 aliphatic carbocycles. The fraction of sp³-hybridized carbons (Fsp3) is 0.364. The Kier molecular flexibility index (Phi) is 4.98. The molecule has 3 N–H and O–H groups in total. The topological polar surface area (TPSA) is 77.1 Å². The van der Waals surface area contributed by atoms with Crippen molar-refractivity contribution in [1.29, 1.82) is 0 Å². The van der Waals surface area contributed by atoms with Crippen LogP contribution in [0.15, 0.2) is 29.4 Å². The van der Waals surface area contributed by atoms with Gasteiger partial charge in [-0.3, -0.25) is 0 Å². The van der Waals surface area contributed by atoms with Gasteiger partial charge in [-0.1, -0.05) is 13.3 Å². The lowest BCUT2D eigenvalue weighted by Gasteiger charge is -2.06. The molecular formula is C11H16N2O3. The molecule has 5 heteroatoms. The lowest BCUT2D eigenvalue weighted by atomic mass is 10.3. The smallest absolute Gasteiger partial charge is 0.326 e. The summed E-state index contributed by atoms with van der Waals surface area (Å²) in [5.74, 6) is 1.28. The molecule has 0 unspecified atom stereocenters. The second kappa shape index (κ2) is 6.55. The number of hydrogen-bond acceptors (Lipinski definition) is 4. The van der Waals surface area contributed by atoms with Crippen molar-refractivity contribution in [2.75, 3.05) is 6.61 Å². The third kappa shape index (κ3) is 4.08. The molecule has 0 atom stereocenters. The van der Waals surface area contributed by atoms with E-state index in [0.717, 1.165) is 18.6 Å². The van der Waals surface area contributed by atoms with Gasteiger partial charge in [0.05, 0.1) is 6.61 Å². The molecular weight excluding hydrogens is 208 g/mol. The number of ether oxygens (including phenoxy) is 2. The predicted octanol–water partition coefficient (Wildman–Crippen LogP) is 1.95. The minimum Gasteiger partial charge on any atom is -0.494 e. The van der Waals surface area contributed by atoms with E-state index in [4.69, 9.17) is 20.4 Å². The molecule has 0 aliphatic rings. The van der Waals surface area contributed by atoms with E-state index in [-0.39, 0.29) is 6.02 Å². The Labute approximate surface area is 94.5 Å². The maximum absolute atomic E-state index is 8.31. The molecule has 88 valence electrons. The van der Waals surface area contributed by atoms with Crippen molar-refractivity contribution in [3.05, 3.63) is 24.3 Å². The van der Waals surface area contributed by atoms with Gasteiger partial charge in [-0.05, 0) is 35.8 Å². The SMILES string of the molecule is CCCCOc1ccc(OC(N)=NO)cc1. The molecule has 16 heavy (non-hydrogen) atoms. The van der Waals surface area contributed by atoms with E-state index in [1.165, 1.54) is 0 Å². The summed E-state index contributed by atoms with van der Waals surface area (Å²) in [6, 6.07) is 6.64. The number of unbranched alkanes of at least 4 members (excludes halogenated alkanes) is 1. The van der Waals surface area contributed by atoms with Crippen LogP contribution in [0.2, 0.25) is 0 Å². The second-order valence-electron chi connectivity index (χ2n) is 3.21. The van der Waals surface area contributed by atoms with Gasteiger partial charge < -0.3 is 20.4 Å². The molecule has 0 aliphatic heterocycles. The van der Waals surface area contributed by atoms with Crippen molar-refractivity contribution >= 4 is 6.02 Å². The van der Waals surface area contributed by atoms with E-state index in [1.807, 2.05) is 0 Å². The highest BCUT2D eigenvalue weighted by Crippen LogP contribution is 2.17. The molecule has 0 spiro atoms. The Morgan fingerprint density at radius 1 is 1.31 bits per heavy atom. The molecule has 5 nitrogen and oxygen atoms in total. The molecule has 0 saturated heterocycles. The minimum absolute atomic E-state index is 0.292. The van der Waals surface area contributed by atoms with Crippen molar-refractivity contribution in [3.63, 3.8) is 0 Å². The average molecular weight is 224 g/mol. The zero-order chi connectivity index (χ0) is 11.8. The van der Waals surface area contributed by atoms with Crippen LogP contribution in [-0.2, 0) is 0 Å². The van der Waals surface area contributed by atoms with Crippen LogP contribution in [0.5, 0.6) is 11.5 Å². The van der Waals surface area contributed by atoms with Crippen LogP contribution >= 0.6 is 0 Å². The van der Waals surface area contributed by atoms with Gasteiger partial charge in [-0.15, -0.1) is 0 Å². The Morgan fingerprint density at radius 3 is 2.50 bits per heavy atom. The quantitative estimate of drug-likeness (QED) is 0.263. The molecule has 1 rings (SSSR count). The van der Waals surface area contributed by atoms with E-state index >= 15 is 0 Å². The van der Waals surface area contributed by atoms with Gasteiger partial charge in [0, 0.05) is 0 Å². The van der Waals surface area contributed by atoms with Crippen molar-refractivity contribution in [2.45, 2.75) is 19.8 Å². The fourth-order valence-corrected chi connectivity index (χ4v) is 1.08. The first-order valence-corrected chi connectivity index (χ1v) is 5.14. The summed E-state index contributed by atoms with van der Waals surface area (Å²) < 4.78 is 10.4. The number of nitrogens with zero attached hydrogens (tertiary/aromatic N) is 1. The van der Waals surface area contributed by atoms with Gasteiger partial charge in [-0.2, -0.15) is 0 Å². The summed E-state index contributed by atoms with van der Waals surface area (Å²) >= 11 is 0. The van der Waals surface area contributed by atoms with Crippen molar-refractivity contribution in [1.82, 2.24) is 0 Å². The number of hydrogen-bond donors (Lipinski definition) is 2. The lowest BCUT2D eigenvalue weighted by Crippen LogP contribution is -2.19. The zero-order valence-corrected chi connectivity index (χ0v) is 9.22. The normalized spacial score (nSPS) is 11.2. The molecule has 0 fully saturated rings. The zero-order valence-electron chi connectivity index (χ0n) is 9.22. The van der Waals surface area contributed by atoms with Crippen LogP contribution in [0.1, 0.15) is 19.8 Å². The molecule has 0 amide bonds. The van der Waals surface area contributed by atoms with Crippen LogP contribution in [-0.4, -0.2) is 17.8 Å². The standard InChI is InChI=1S/C11H16N2O3/c1-2-3-8-15-9-4-6-10(7-5-9)16-11(12)13-14/h4-7,14H,2-3,8H2,1H3,(H2,12,13). The molecule has 0 radical (unpaired) electrons. The molecule has 0 aromatic heterocycles. The monoisotopic (exact) mass is 224 g/mol. The first-order valence-electron chi connectivity index (χ1n) is 5.14. The fourth-order valence-electron chi connectivity index (χ4n) is 1.08. The van der Waals surface area contributed by atoms with Gasteiger partial charge in [0.2, 0.25) is 0 Å². The van der Waals surface area contributed by atoms with Crippen molar-refractivity contribution in [3.8, 4) is 11.5 Å². The first-order chi connectivity index (χ1) is 7.76. The molecule has 1 aromatic carbocycles. The van der Waals surface area contributed by atoms with E-state index in [9.17, 15) is 0 Å². The Balaban J connectivity index is 2.47. The number of oxime groups is 1. The Morgan fingerprint density at radius 2 is 1.94 bits per heavy atom. The lowest BCUT2D eigenvalue weighted by molar-refractivity contribution is 0.301. The summed E-state index contributed by atoms with van der Waals surface area (Å²) in [5, 5.41) is 11.0. The van der Waals surface area contributed by atoms with Crippen LogP contribution in [0.4, 0.5) is 0 Å². The molecule has 1 aromatic rings. The van der Waals surface area contributed by atoms with E-state index in [0.29, 0.717) is 12.4 Å². The van der Waals surface area contributed by atoms with E-state index in [1.54, 1.807) is 24.3 Å². The maximum Gasteiger partial charge on any atom is 0.326 e.